The van der Waals surface area contributed by atoms with Crippen LogP contribution < -0.4 is 15.4 Å². The highest BCUT2D eigenvalue weighted by Gasteiger charge is 2.05. The van der Waals surface area contributed by atoms with Gasteiger partial charge in [0.25, 0.3) is 0 Å². The fourth-order valence-electron chi connectivity index (χ4n) is 1.28. The zero-order valence-corrected chi connectivity index (χ0v) is 10.2. The first kappa shape index (κ1) is 13.3. The van der Waals surface area contributed by atoms with Gasteiger partial charge in [0.2, 0.25) is 0 Å². The second kappa shape index (κ2) is 7.51. The molecule has 0 saturated carbocycles. The van der Waals surface area contributed by atoms with Crippen molar-refractivity contribution in [1.82, 2.24) is 5.32 Å². The van der Waals surface area contributed by atoms with Crippen LogP contribution in [0.5, 0.6) is 5.75 Å². The summed E-state index contributed by atoms with van der Waals surface area (Å²) in [6, 6.07) is 7.04. The summed E-state index contributed by atoms with van der Waals surface area (Å²) in [5.41, 5.74) is 0.657. The molecule has 2 N–H and O–H groups in total. The Morgan fingerprint density at radius 3 is 2.82 bits per heavy atom. The Hall–Kier alpha value is -1.75. The van der Waals surface area contributed by atoms with Crippen LogP contribution in [0.15, 0.2) is 24.3 Å². The molecular formula is C12H18N2O3. The van der Waals surface area contributed by atoms with Gasteiger partial charge in [-0.05, 0) is 19.1 Å². The second-order valence-corrected chi connectivity index (χ2v) is 3.30. The SMILES string of the molecule is CCOc1ccccc1NC(=O)NCCOC. The van der Waals surface area contributed by atoms with Crippen LogP contribution in [-0.4, -0.2) is 32.9 Å². The monoisotopic (exact) mass is 238 g/mol. The van der Waals surface area contributed by atoms with Gasteiger partial charge in [0.05, 0.1) is 18.9 Å². The van der Waals surface area contributed by atoms with Crippen molar-refractivity contribution in [3.05, 3.63) is 24.3 Å². The largest absolute Gasteiger partial charge is 0.492 e. The molecule has 5 nitrogen and oxygen atoms in total. The summed E-state index contributed by atoms with van der Waals surface area (Å²) >= 11 is 0. The molecule has 0 aliphatic carbocycles. The molecule has 17 heavy (non-hydrogen) atoms. The van der Waals surface area contributed by atoms with E-state index in [1.54, 1.807) is 13.2 Å². The quantitative estimate of drug-likeness (QED) is 0.744. The summed E-state index contributed by atoms with van der Waals surface area (Å²) in [4.78, 5) is 11.5. The number of rotatable bonds is 6. The molecule has 0 spiro atoms. The third-order valence-corrected chi connectivity index (χ3v) is 2.03. The lowest BCUT2D eigenvalue weighted by atomic mass is 10.3. The number of hydrogen-bond donors (Lipinski definition) is 2. The van der Waals surface area contributed by atoms with Gasteiger partial charge in [-0.2, -0.15) is 0 Å². The minimum atomic E-state index is -0.269. The number of carbonyl (C=O) groups is 1. The Morgan fingerprint density at radius 2 is 2.12 bits per heavy atom. The van der Waals surface area contributed by atoms with Crippen molar-refractivity contribution in [2.24, 2.45) is 0 Å². The van der Waals surface area contributed by atoms with E-state index in [0.29, 0.717) is 31.2 Å². The minimum absolute atomic E-state index is 0.269. The highest BCUT2D eigenvalue weighted by atomic mass is 16.5. The van der Waals surface area contributed by atoms with E-state index in [0.717, 1.165) is 0 Å². The average molecular weight is 238 g/mol. The van der Waals surface area contributed by atoms with E-state index in [4.69, 9.17) is 9.47 Å². The fraction of sp³-hybridized carbons (Fsp3) is 0.417. The summed E-state index contributed by atoms with van der Waals surface area (Å²) in [6.45, 7) is 3.42. The molecule has 0 aliphatic heterocycles. The number of anilines is 1. The molecule has 0 radical (unpaired) electrons. The van der Waals surface area contributed by atoms with E-state index >= 15 is 0 Å². The standard InChI is InChI=1S/C12H18N2O3/c1-3-17-11-7-5-4-6-10(11)14-12(15)13-8-9-16-2/h4-7H,3,8-9H2,1-2H3,(H2,13,14,15). The van der Waals surface area contributed by atoms with E-state index in [9.17, 15) is 4.79 Å². The van der Waals surface area contributed by atoms with Gasteiger partial charge in [-0.15, -0.1) is 0 Å². The number of ether oxygens (including phenoxy) is 2. The van der Waals surface area contributed by atoms with E-state index in [1.807, 2.05) is 25.1 Å². The molecule has 1 rings (SSSR count). The zero-order chi connectivity index (χ0) is 12.5. The Balaban J connectivity index is 2.52. The number of para-hydroxylation sites is 2. The Morgan fingerprint density at radius 1 is 1.35 bits per heavy atom. The number of urea groups is 1. The van der Waals surface area contributed by atoms with Gasteiger partial charge in [0, 0.05) is 13.7 Å². The molecule has 0 unspecified atom stereocenters. The molecule has 0 bridgehead atoms. The summed E-state index contributed by atoms with van der Waals surface area (Å²) in [6.07, 6.45) is 0. The predicted octanol–water partition coefficient (Wildman–Crippen LogP) is 1.85. The van der Waals surface area contributed by atoms with E-state index < -0.39 is 0 Å². The van der Waals surface area contributed by atoms with Gasteiger partial charge in [-0.3, -0.25) is 0 Å². The Kier molecular flexibility index (Phi) is 5.88. The van der Waals surface area contributed by atoms with Crippen LogP contribution >= 0.6 is 0 Å². The van der Waals surface area contributed by atoms with Crippen LogP contribution in [0.2, 0.25) is 0 Å². The van der Waals surface area contributed by atoms with Gasteiger partial charge in [0.15, 0.2) is 0 Å². The molecule has 0 atom stereocenters. The van der Waals surface area contributed by atoms with Crippen LogP contribution in [0.25, 0.3) is 0 Å². The van der Waals surface area contributed by atoms with Crippen molar-refractivity contribution in [2.75, 3.05) is 32.2 Å². The normalized spacial score (nSPS) is 9.76. The zero-order valence-electron chi connectivity index (χ0n) is 10.2. The van der Waals surface area contributed by atoms with Gasteiger partial charge >= 0.3 is 6.03 Å². The molecule has 0 fully saturated rings. The topological polar surface area (TPSA) is 59.6 Å². The Labute approximate surface area is 101 Å². The summed E-state index contributed by atoms with van der Waals surface area (Å²) in [7, 11) is 1.59. The van der Waals surface area contributed by atoms with E-state index in [-0.39, 0.29) is 6.03 Å². The van der Waals surface area contributed by atoms with E-state index in [1.165, 1.54) is 0 Å². The molecule has 1 aromatic rings. The second-order valence-electron chi connectivity index (χ2n) is 3.30. The minimum Gasteiger partial charge on any atom is -0.492 e. The first-order valence-electron chi connectivity index (χ1n) is 5.53. The first-order valence-corrected chi connectivity index (χ1v) is 5.53. The molecule has 1 aromatic carbocycles. The van der Waals surface area contributed by atoms with Crippen LogP contribution in [-0.2, 0) is 4.74 Å². The highest BCUT2D eigenvalue weighted by molar-refractivity contribution is 5.90. The molecule has 94 valence electrons. The lowest BCUT2D eigenvalue weighted by Crippen LogP contribution is -2.31. The van der Waals surface area contributed by atoms with Crippen molar-refractivity contribution in [3.8, 4) is 5.75 Å². The average Bonchev–Trinajstić information content (AvgIpc) is 2.32. The molecule has 0 saturated heterocycles. The third kappa shape index (κ3) is 4.74. The highest BCUT2D eigenvalue weighted by Crippen LogP contribution is 2.23. The van der Waals surface area contributed by atoms with Gasteiger partial charge in [0.1, 0.15) is 5.75 Å². The number of nitrogens with one attached hydrogen (secondary N) is 2. The van der Waals surface area contributed by atoms with Crippen molar-refractivity contribution < 1.29 is 14.3 Å². The summed E-state index contributed by atoms with van der Waals surface area (Å²) < 4.78 is 10.2. The molecule has 0 heterocycles. The van der Waals surface area contributed by atoms with Crippen LogP contribution in [0.3, 0.4) is 0 Å². The van der Waals surface area contributed by atoms with Crippen molar-refractivity contribution >= 4 is 11.7 Å². The van der Waals surface area contributed by atoms with Gasteiger partial charge in [-0.25, -0.2) is 4.79 Å². The molecule has 2 amide bonds. The molecule has 0 aromatic heterocycles. The van der Waals surface area contributed by atoms with Crippen LogP contribution in [0, 0.1) is 0 Å². The molecular weight excluding hydrogens is 220 g/mol. The molecule has 0 aliphatic rings. The number of benzene rings is 1. The third-order valence-electron chi connectivity index (χ3n) is 2.03. The number of methoxy groups -OCH3 is 1. The summed E-state index contributed by atoms with van der Waals surface area (Å²) in [5, 5.41) is 5.39. The van der Waals surface area contributed by atoms with Gasteiger partial charge < -0.3 is 20.1 Å². The predicted molar refractivity (Wildman–Crippen MR) is 66.5 cm³/mol. The lowest BCUT2D eigenvalue weighted by molar-refractivity contribution is 0.198. The van der Waals surface area contributed by atoms with Gasteiger partial charge in [-0.1, -0.05) is 12.1 Å². The van der Waals surface area contributed by atoms with E-state index in [2.05, 4.69) is 10.6 Å². The van der Waals surface area contributed by atoms with Crippen molar-refractivity contribution in [1.29, 1.82) is 0 Å². The van der Waals surface area contributed by atoms with Crippen LogP contribution in [0.4, 0.5) is 10.5 Å². The fourth-order valence-corrected chi connectivity index (χ4v) is 1.28. The maximum Gasteiger partial charge on any atom is 0.319 e. The number of hydrogen-bond acceptors (Lipinski definition) is 3. The maximum absolute atomic E-state index is 11.5. The molecule has 5 heteroatoms. The lowest BCUT2D eigenvalue weighted by Gasteiger charge is -2.11. The van der Waals surface area contributed by atoms with Crippen LogP contribution in [0.1, 0.15) is 6.92 Å². The van der Waals surface area contributed by atoms with Crippen molar-refractivity contribution in [2.45, 2.75) is 6.92 Å². The smallest absolute Gasteiger partial charge is 0.319 e. The van der Waals surface area contributed by atoms with Crippen molar-refractivity contribution in [3.63, 3.8) is 0 Å². The Bertz CT molecular complexity index is 355. The number of amides is 2. The summed E-state index contributed by atoms with van der Waals surface area (Å²) in [5.74, 6) is 0.664. The maximum atomic E-state index is 11.5. The number of carbonyl (C=O) groups excluding carboxylic acids is 1. The first-order chi connectivity index (χ1) is 8.27.